The molecule has 0 saturated carbocycles. The first kappa shape index (κ1) is 15.2. The summed E-state index contributed by atoms with van der Waals surface area (Å²) in [6.45, 7) is 6.38. The number of hydrogen-bond donors (Lipinski definition) is 1. The van der Waals surface area contributed by atoms with E-state index in [4.69, 9.17) is 4.52 Å². The van der Waals surface area contributed by atoms with Gasteiger partial charge < -0.3 is 9.63 Å². The molecule has 1 aliphatic rings. The number of piperidine rings is 1. The molecule has 5 nitrogen and oxygen atoms in total. The Hall–Kier alpha value is -1.72. The largest absolute Gasteiger partial charge is 0.396 e. The number of aliphatic hydroxyl groups excluding tert-OH is 1. The Balaban J connectivity index is 1.72. The van der Waals surface area contributed by atoms with Gasteiger partial charge in [-0.3, -0.25) is 4.90 Å². The number of nitrogens with zero attached hydrogens (tertiary/aromatic N) is 3. The second kappa shape index (κ2) is 6.58. The minimum atomic E-state index is 0.116. The van der Waals surface area contributed by atoms with Crippen LogP contribution in [0.2, 0.25) is 0 Å². The van der Waals surface area contributed by atoms with Gasteiger partial charge in [0.1, 0.15) is 0 Å². The van der Waals surface area contributed by atoms with Gasteiger partial charge in [0, 0.05) is 12.2 Å². The molecule has 1 N–H and O–H groups in total. The minimum Gasteiger partial charge on any atom is -0.396 e. The highest BCUT2D eigenvalue weighted by Crippen LogP contribution is 2.27. The zero-order valence-corrected chi connectivity index (χ0v) is 13.2. The van der Waals surface area contributed by atoms with E-state index in [0.29, 0.717) is 24.2 Å². The van der Waals surface area contributed by atoms with Gasteiger partial charge in [-0.15, -0.1) is 0 Å². The molecule has 0 amide bonds. The van der Waals surface area contributed by atoms with Crippen molar-refractivity contribution < 1.29 is 9.63 Å². The smallest absolute Gasteiger partial charge is 0.244 e. The number of hydrogen-bond acceptors (Lipinski definition) is 5. The van der Waals surface area contributed by atoms with E-state index in [1.54, 1.807) is 0 Å². The van der Waals surface area contributed by atoms with Crippen LogP contribution in [0.3, 0.4) is 0 Å². The summed E-state index contributed by atoms with van der Waals surface area (Å²) in [5.74, 6) is 1.76. The number of aliphatic hydroxyl groups is 1. The molecule has 2 heterocycles. The number of aryl methyl sites for hydroxylation is 1. The molecular weight excluding hydrogens is 278 g/mol. The number of rotatable bonds is 4. The molecular formula is C17H23N3O2. The molecule has 22 heavy (non-hydrogen) atoms. The molecule has 0 radical (unpaired) electrons. The highest BCUT2D eigenvalue weighted by molar-refractivity contribution is 5.58. The lowest BCUT2D eigenvalue weighted by Crippen LogP contribution is -2.36. The fraction of sp³-hybridized carbons (Fsp3) is 0.529. The Kier molecular flexibility index (Phi) is 4.55. The lowest BCUT2D eigenvalue weighted by Gasteiger charge is -2.33. The number of likely N-dealkylation sites (tertiary alicyclic amines) is 1. The van der Waals surface area contributed by atoms with Crippen LogP contribution >= 0.6 is 0 Å². The quantitative estimate of drug-likeness (QED) is 0.941. The Morgan fingerprint density at radius 2 is 2.05 bits per heavy atom. The van der Waals surface area contributed by atoms with Crippen molar-refractivity contribution in [1.29, 1.82) is 0 Å². The summed E-state index contributed by atoms with van der Waals surface area (Å²) in [6.07, 6.45) is 2.05. The molecule has 1 unspecified atom stereocenters. The van der Waals surface area contributed by atoms with Crippen LogP contribution in [0.5, 0.6) is 0 Å². The van der Waals surface area contributed by atoms with E-state index in [9.17, 15) is 5.11 Å². The van der Waals surface area contributed by atoms with Gasteiger partial charge in [-0.05, 0) is 51.3 Å². The second-order valence-corrected chi connectivity index (χ2v) is 6.11. The molecule has 1 saturated heterocycles. The van der Waals surface area contributed by atoms with Crippen molar-refractivity contribution in [3.63, 3.8) is 0 Å². The van der Waals surface area contributed by atoms with E-state index in [2.05, 4.69) is 35.0 Å². The van der Waals surface area contributed by atoms with Crippen LogP contribution in [-0.4, -0.2) is 39.8 Å². The summed E-state index contributed by atoms with van der Waals surface area (Å²) in [5.41, 5.74) is 2.16. The first-order chi connectivity index (χ1) is 10.7. The topological polar surface area (TPSA) is 62.4 Å². The van der Waals surface area contributed by atoms with E-state index in [0.717, 1.165) is 37.1 Å². The third-order valence-electron chi connectivity index (χ3n) is 4.64. The van der Waals surface area contributed by atoms with E-state index in [-0.39, 0.29) is 6.04 Å². The summed E-state index contributed by atoms with van der Waals surface area (Å²) < 4.78 is 5.49. The predicted octanol–water partition coefficient (Wildman–Crippen LogP) is 2.81. The minimum absolute atomic E-state index is 0.116. The molecule has 1 atom stereocenters. The van der Waals surface area contributed by atoms with Crippen molar-refractivity contribution >= 4 is 0 Å². The number of benzene rings is 1. The Morgan fingerprint density at radius 1 is 1.32 bits per heavy atom. The second-order valence-electron chi connectivity index (χ2n) is 6.11. The molecule has 118 valence electrons. The van der Waals surface area contributed by atoms with Gasteiger partial charge in [0.05, 0.1) is 6.04 Å². The van der Waals surface area contributed by atoms with Crippen molar-refractivity contribution in [2.24, 2.45) is 5.92 Å². The predicted molar refractivity (Wildman–Crippen MR) is 84.3 cm³/mol. The zero-order valence-electron chi connectivity index (χ0n) is 13.2. The third-order valence-corrected chi connectivity index (χ3v) is 4.64. The van der Waals surface area contributed by atoms with E-state index in [1.165, 1.54) is 0 Å². The molecule has 1 fully saturated rings. The van der Waals surface area contributed by atoms with Gasteiger partial charge in [-0.25, -0.2) is 0 Å². The lowest BCUT2D eigenvalue weighted by molar-refractivity contribution is 0.0929. The average molecular weight is 301 g/mol. The van der Waals surface area contributed by atoms with Gasteiger partial charge >= 0.3 is 0 Å². The van der Waals surface area contributed by atoms with Crippen molar-refractivity contribution in [3.8, 4) is 11.4 Å². The van der Waals surface area contributed by atoms with E-state index < -0.39 is 0 Å². The Bertz CT molecular complexity index is 618. The maximum absolute atomic E-state index is 9.23. The fourth-order valence-corrected chi connectivity index (χ4v) is 3.02. The highest BCUT2D eigenvalue weighted by atomic mass is 16.5. The van der Waals surface area contributed by atoms with Crippen molar-refractivity contribution in [2.45, 2.75) is 32.7 Å². The monoisotopic (exact) mass is 301 g/mol. The van der Waals surface area contributed by atoms with Crippen LogP contribution in [0.25, 0.3) is 11.4 Å². The molecule has 3 rings (SSSR count). The normalized spacial score (nSPS) is 18.5. The lowest BCUT2D eigenvalue weighted by atomic mass is 9.97. The molecule has 0 bridgehead atoms. The summed E-state index contributed by atoms with van der Waals surface area (Å²) >= 11 is 0. The van der Waals surface area contributed by atoms with E-state index >= 15 is 0 Å². The zero-order chi connectivity index (χ0) is 15.5. The molecule has 5 heteroatoms. The molecule has 2 aromatic rings. The van der Waals surface area contributed by atoms with Crippen molar-refractivity contribution in [1.82, 2.24) is 15.0 Å². The molecule has 0 aliphatic carbocycles. The van der Waals surface area contributed by atoms with Gasteiger partial charge in [0.25, 0.3) is 0 Å². The Labute approximate surface area is 131 Å². The van der Waals surface area contributed by atoms with Crippen LogP contribution < -0.4 is 0 Å². The highest BCUT2D eigenvalue weighted by Gasteiger charge is 2.26. The SMILES string of the molecule is Cc1ccccc1-c1noc(C(C)N2CCC(CO)CC2)n1. The first-order valence-corrected chi connectivity index (χ1v) is 7.93. The Morgan fingerprint density at radius 3 is 2.73 bits per heavy atom. The third kappa shape index (κ3) is 3.05. The summed E-state index contributed by atoms with van der Waals surface area (Å²) in [7, 11) is 0. The van der Waals surface area contributed by atoms with Crippen molar-refractivity contribution in [3.05, 3.63) is 35.7 Å². The van der Waals surface area contributed by atoms with E-state index in [1.807, 2.05) is 18.2 Å². The van der Waals surface area contributed by atoms with Crippen LogP contribution in [0, 0.1) is 12.8 Å². The van der Waals surface area contributed by atoms with Crippen LogP contribution in [0.4, 0.5) is 0 Å². The van der Waals surface area contributed by atoms with Crippen LogP contribution in [-0.2, 0) is 0 Å². The van der Waals surface area contributed by atoms with Gasteiger partial charge in [0.2, 0.25) is 11.7 Å². The van der Waals surface area contributed by atoms with Gasteiger partial charge in [-0.1, -0.05) is 29.4 Å². The van der Waals surface area contributed by atoms with Gasteiger partial charge in [0.15, 0.2) is 0 Å². The summed E-state index contributed by atoms with van der Waals surface area (Å²) in [4.78, 5) is 6.94. The standard InChI is InChI=1S/C17H23N3O2/c1-12-5-3-4-6-15(12)16-18-17(22-19-16)13(2)20-9-7-14(11-21)8-10-20/h3-6,13-14,21H,7-11H2,1-2H3. The number of aromatic nitrogens is 2. The molecule has 1 aromatic heterocycles. The average Bonchev–Trinajstić information content (AvgIpc) is 3.04. The van der Waals surface area contributed by atoms with Crippen molar-refractivity contribution in [2.75, 3.05) is 19.7 Å². The summed E-state index contributed by atoms with van der Waals surface area (Å²) in [6, 6.07) is 8.18. The van der Waals surface area contributed by atoms with Crippen LogP contribution in [0.15, 0.2) is 28.8 Å². The van der Waals surface area contributed by atoms with Crippen LogP contribution in [0.1, 0.15) is 37.3 Å². The van der Waals surface area contributed by atoms with Gasteiger partial charge in [-0.2, -0.15) is 4.98 Å². The fourth-order valence-electron chi connectivity index (χ4n) is 3.02. The molecule has 1 aromatic carbocycles. The summed E-state index contributed by atoms with van der Waals surface area (Å²) in [5, 5.41) is 13.4. The molecule has 0 spiro atoms. The maximum atomic E-state index is 9.23. The maximum Gasteiger partial charge on any atom is 0.244 e. The first-order valence-electron chi connectivity index (χ1n) is 7.93. The molecule has 1 aliphatic heterocycles.